The summed E-state index contributed by atoms with van der Waals surface area (Å²) in [6, 6.07) is 2.09. The average Bonchev–Trinajstić information content (AvgIpc) is 2.87. The first kappa shape index (κ1) is 12.3. The molecule has 2 aromatic rings. The topological polar surface area (TPSA) is 72.3 Å². The van der Waals surface area contributed by atoms with Crippen molar-refractivity contribution in [1.82, 2.24) is 19.6 Å². The summed E-state index contributed by atoms with van der Waals surface area (Å²) in [5, 5.41) is 4.27. The zero-order valence-corrected chi connectivity index (χ0v) is 11.3. The third-order valence-electron chi connectivity index (χ3n) is 3.87. The summed E-state index contributed by atoms with van der Waals surface area (Å²) < 4.78 is 1.83. The average molecular weight is 260 g/mol. The SMILES string of the molecule is Cc1cc(N2CCC(CCN)CC2)n2ncnc2n1. The molecule has 0 spiro atoms. The molecule has 0 aromatic carbocycles. The van der Waals surface area contributed by atoms with Crippen molar-refractivity contribution in [3.05, 3.63) is 18.1 Å². The molecular formula is C13H20N6. The fourth-order valence-corrected chi connectivity index (χ4v) is 2.82. The Bertz CT molecular complexity index is 555. The minimum absolute atomic E-state index is 0.680. The van der Waals surface area contributed by atoms with Gasteiger partial charge in [-0.2, -0.15) is 14.6 Å². The zero-order valence-electron chi connectivity index (χ0n) is 11.3. The molecular weight excluding hydrogens is 240 g/mol. The summed E-state index contributed by atoms with van der Waals surface area (Å²) in [7, 11) is 0. The van der Waals surface area contributed by atoms with Crippen LogP contribution in [0.1, 0.15) is 25.0 Å². The number of anilines is 1. The zero-order chi connectivity index (χ0) is 13.2. The van der Waals surface area contributed by atoms with Crippen LogP contribution in [-0.2, 0) is 0 Å². The van der Waals surface area contributed by atoms with Crippen LogP contribution in [0.25, 0.3) is 5.78 Å². The third kappa shape index (κ3) is 2.40. The highest BCUT2D eigenvalue weighted by Gasteiger charge is 2.21. The Morgan fingerprint density at radius 1 is 1.37 bits per heavy atom. The van der Waals surface area contributed by atoms with Crippen molar-refractivity contribution < 1.29 is 0 Å². The lowest BCUT2D eigenvalue weighted by molar-refractivity contribution is 0.384. The molecule has 2 aromatic heterocycles. The molecule has 2 N–H and O–H groups in total. The third-order valence-corrected chi connectivity index (χ3v) is 3.87. The van der Waals surface area contributed by atoms with Crippen LogP contribution in [0.5, 0.6) is 0 Å². The lowest BCUT2D eigenvalue weighted by Gasteiger charge is -2.33. The van der Waals surface area contributed by atoms with Crippen LogP contribution in [0, 0.1) is 12.8 Å². The lowest BCUT2D eigenvalue weighted by Crippen LogP contribution is -2.35. The van der Waals surface area contributed by atoms with E-state index in [9.17, 15) is 0 Å². The highest BCUT2D eigenvalue weighted by molar-refractivity contribution is 5.47. The molecule has 0 amide bonds. The molecule has 0 aliphatic carbocycles. The van der Waals surface area contributed by atoms with E-state index < -0.39 is 0 Å². The minimum atomic E-state index is 0.680. The predicted molar refractivity (Wildman–Crippen MR) is 74.1 cm³/mol. The van der Waals surface area contributed by atoms with E-state index in [1.54, 1.807) is 6.33 Å². The van der Waals surface area contributed by atoms with Gasteiger partial charge < -0.3 is 10.6 Å². The van der Waals surface area contributed by atoms with Gasteiger partial charge >= 0.3 is 0 Å². The van der Waals surface area contributed by atoms with Gasteiger partial charge in [-0.15, -0.1) is 0 Å². The van der Waals surface area contributed by atoms with Crippen molar-refractivity contribution in [3.8, 4) is 0 Å². The number of hydrogen-bond acceptors (Lipinski definition) is 5. The van der Waals surface area contributed by atoms with Gasteiger partial charge in [-0.3, -0.25) is 0 Å². The molecule has 19 heavy (non-hydrogen) atoms. The molecule has 1 aliphatic heterocycles. The van der Waals surface area contributed by atoms with E-state index in [2.05, 4.69) is 26.0 Å². The first-order chi connectivity index (χ1) is 9.28. The molecule has 3 heterocycles. The van der Waals surface area contributed by atoms with Gasteiger partial charge in [0.05, 0.1) is 0 Å². The monoisotopic (exact) mass is 260 g/mol. The van der Waals surface area contributed by atoms with Gasteiger partial charge in [-0.25, -0.2) is 4.98 Å². The second kappa shape index (κ2) is 5.13. The number of rotatable bonds is 3. The lowest BCUT2D eigenvalue weighted by atomic mass is 9.94. The number of aromatic nitrogens is 4. The summed E-state index contributed by atoms with van der Waals surface area (Å²) in [5.74, 6) is 2.56. The molecule has 0 atom stereocenters. The van der Waals surface area contributed by atoms with Crippen molar-refractivity contribution in [1.29, 1.82) is 0 Å². The Labute approximate surface area is 112 Å². The second-order valence-corrected chi connectivity index (χ2v) is 5.24. The Hall–Kier alpha value is -1.69. The smallest absolute Gasteiger partial charge is 0.254 e. The summed E-state index contributed by atoms with van der Waals surface area (Å²) in [4.78, 5) is 10.9. The largest absolute Gasteiger partial charge is 0.356 e. The fourth-order valence-electron chi connectivity index (χ4n) is 2.82. The fraction of sp³-hybridized carbons (Fsp3) is 0.615. The quantitative estimate of drug-likeness (QED) is 0.891. The Balaban J connectivity index is 1.83. The predicted octanol–water partition coefficient (Wildman–Crippen LogP) is 0.998. The Morgan fingerprint density at radius 2 is 2.16 bits per heavy atom. The number of aryl methyl sites for hydroxylation is 1. The van der Waals surface area contributed by atoms with Crippen molar-refractivity contribution in [2.45, 2.75) is 26.2 Å². The van der Waals surface area contributed by atoms with E-state index >= 15 is 0 Å². The van der Waals surface area contributed by atoms with Crippen LogP contribution in [0.4, 0.5) is 5.82 Å². The van der Waals surface area contributed by atoms with E-state index in [1.807, 2.05) is 11.4 Å². The first-order valence-electron chi connectivity index (χ1n) is 6.90. The van der Waals surface area contributed by atoms with Crippen molar-refractivity contribution in [2.75, 3.05) is 24.5 Å². The second-order valence-electron chi connectivity index (χ2n) is 5.24. The molecule has 3 rings (SSSR count). The van der Waals surface area contributed by atoms with E-state index in [-0.39, 0.29) is 0 Å². The van der Waals surface area contributed by atoms with Gasteiger partial charge in [-0.05, 0) is 38.6 Å². The molecule has 0 saturated carbocycles. The Kier molecular flexibility index (Phi) is 3.33. The number of nitrogens with zero attached hydrogens (tertiary/aromatic N) is 5. The van der Waals surface area contributed by atoms with Gasteiger partial charge in [-0.1, -0.05) is 0 Å². The molecule has 6 heteroatoms. The van der Waals surface area contributed by atoms with Crippen molar-refractivity contribution in [2.24, 2.45) is 11.7 Å². The Morgan fingerprint density at radius 3 is 2.89 bits per heavy atom. The molecule has 0 radical (unpaired) electrons. The molecule has 1 saturated heterocycles. The maximum absolute atomic E-state index is 5.64. The van der Waals surface area contributed by atoms with E-state index in [4.69, 9.17) is 5.73 Å². The van der Waals surface area contributed by atoms with Gasteiger partial charge in [0.2, 0.25) is 0 Å². The first-order valence-corrected chi connectivity index (χ1v) is 6.90. The van der Waals surface area contributed by atoms with Crippen molar-refractivity contribution in [3.63, 3.8) is 0 Å². The van der Waals surface area contributed by atoms with E-state index in [0.29, 0.717) is 5.78 Å². The standard InChI is InChI=1S/C13H20N6/c1-10-8-12(19-13(17-10)15-9-16-19)18-6-3-11(2-5-14)4-7-18/h8-9,11H,2-7,14H2,1H3. The van der Waals surface area contributed by atoms with Crippen LogP contribution in [0.15, 0.2) is 12.4 Å². The number of nitrogens with two attached hydrogens (primary N) is 1. The maximum atomic E-state index is 5.64. The van der Waals surface area contributed by atoms with Gasteiger partial charge in [0.1, 0.15) is 12.1 Å². The van der Waals surface area contributed by atoms with Crippen LogP contribution < -0.4 is 10.6 Å². The summed E-state index contributed by atoms with van der Waals surface area (Å²) in [5.41, 5.74) is 6.63. The van der Waals surface area contributed by atoms with Gasteiger partial charge in [0.15, 0.2) is 0 Å². The van der Waals surface area contributed by atoms with Crippen LogP contribution in [0.3, 0.4) is 0 Å². The number of hydrogen-bond donors (Lipinski definition) is 1. The normalized spacial score (nSPS) is 17.3. The highest BCUT2D eigenvalue weighted by atomic mass is 15.4. The highest BCUT2D eigenvalue weighted by Crippen LogP contribution is 2.25. The summed E-state index contributed by atoms with van der Waals surface area (Å²) in [6.45, 7) is 4.91. The summed E-state index contributed by atoms with van der Waals surface area (Å²) >= 11 is 0. The van der Waals surface area contributed by atoms with Gasteiger partial charge in [0, 0.05) is 24.8 Å². The van der Waals surface area contributed by atoms with Gasteiger partial charge in [0.25, 0.3) is 5.78 Å². The minimum Gasteiger partial charge on any atom is -0.356 e. The van der Waals surface area contributed by atoms with Crippen LogP contribution in [0.2, 0.25) is 0 Å². The number of piperidine rings is 1. The molecule has 1 aliphatic rings. The van der Waals surface area contributed by atoms with Crippen LogP contribution >= 0.6 is 0 Å². The van der Waals surface area contributed by atoms with Crippen molar-refractivity contribution >= 4 is 11.6 Å². The molecule has 0 bridgehead atoms. The molecule has 0 unspecified atom stereocenters. The van der Waals surface area contributed by atoms with Crippen LogP contribution in [-0.4, -0.2) is 39.2 Å². The molecule has 1 fully saturated rings. The molecule has 6 nitrogen and oxygen atoms in total. The van der Waals surface area contributed by atoms with E-state index in [0.717, 1.165) is 43.5 Å². The van der Waals surface area contributed by atoms with E-state index in [1.165, 1.54) is 12.8 Å². The maximum Gasteiger partial charge on any atom is 0.254 e. The summed E-state index contributed by atoms with van der Waals surface area (Å²) in [6.07, 6.45) is 5.11. The number of fused-ring (bicyclic) bond motifs is 1. The molecule has 102 valence electrons.